The molecule has 2 heterocycles. The number of benzene rings is 3. The van der Waals surface area contributed by atoms with Crippen molar-refractivity contribution in [2.75, 3.05) is 6.61 Å². The summed E-state index contributed by atoms with van der Waals surface area (Å²) in [5, 5.41) is 2.17. The lowest BCUT2D eigenvalue weighted by Crippen LogP contribution is -2.40. The van der Waals surface area contributed by atoms with Gasteiger partial charge in [-0.05, 0) is 67.8 Å². The summed E-state index contributed by atoms with van der Waals surface area (Å²) in [7, 11) is 0. The van der Waals surface area contributed by atoms with Gasteiger partial charge in [0, 0.05) is 0 Å². The molecule has 0 spiro atoms. The van der Waals surface area contributed by atoms with E-state index in [-0.39, 0.29) is 11.7 Å². The largest absolute Gasteiger partial charge is 0.494 e. The second-order valence-corrected chi connectivity index (χ2v) is 10.1. The molecule has 1 aliphatic rings. The van der Waals surface area contributed by atoms with Gasteiger partial charge in [-0.25, -0.2) is 9.79 Å². The second kappa shape index (κ2) is 10.2. The third kappa shape index (κ3) is 4.74. The van der Waals surface area contributed by atoms with Gasteiger partial charge in [-0.1, -0.05) is 65.9 Å². The van der Waals surface area contributed by atoms with Crippen LogP contribution in [0.4, 0.5) is 0 Å². The summed E-state index contributed by atoms with van der Waals surface area (Å²) in [6, 6.07) is 20.9. The fourth-order valence-electron chi connectivity index (χ4n) is 4.61. The lowest BCUT2D eigenvalue weighted by molar-refractivity contribution is -0.143. The van der Waals surface area contributed by atoms with Crippen LogP contribution in [-0.4, -0.2) is 23.2 Å². The van der Waals surface area contributed by atoms with Gasteiger partial charge in [0.05, 0.1) is 34.6 Å². The van der Waals surface area contributed by atoms with Crippen LogP contribution < -0.4 is 19.6 Å². The number of nitrogens with zero attached hydrogens (tertiary/aromatic N) is 2. The minimum Gasteiger partial charge on any atom is -0.494 e. The molecule has 1 aliphatic heterocycles. The first-order valence-electron chi connectivity index (χ1n) is 12.3. The number of esters is 1. The summed E-state index contributed by atoms with van der Waals surface area (Å²) in [6.07, 6.45) is 1.61. The molecule has 7 heteroatoms. The molecular weight excluding hydrogens is 484 g/mol. The van der Waals surface area contributed by atoms with Crippen LogP contribution in [0.1, 0.15) is 44.9 Å². The lowest BCUT2D eigenvalue weighted by atomic mass is 9.96. The van der Waals surface area contributed by atoms with Gasteiger partial charge in [0.2, 0.25) is 0 Å². The predicted octanol–water partition coefficient (Wildman–Crippen LogP) is 4.74. The topological polar surface area (TPSA) is 69.9 Å². The first kappa shape index (κ1) is 24.7. The van der Waals surface area contributed by atoms with E-state index in [0.29, 0.717) is 27.2 Å². The molecule has 1 atom stereocenters. The van der Waals surface area contributed by atoms with E-state index < -0.39 is 12.0 Å². The Morgan fingerprint density at radius 2 is 1.81 bits per heavy atom. The average molecular weight is 513 g/mol. The number of carbonyl (C=O) groups is 1. The number of fused-ring (bicyclic) bond motifs is 2. The quantitative estimate of drug-likeness (QED) is 0.350. The van der Waals surface area contributed by atoms with Gasteiger partial charge in [0.1, 0.15) is 5.75 Å². The van der Waals surface area contributed by atoms with Crippen LogP contribution in [0.5, 0.6) is 5.75 Å². The third-order valence-electron chi connectivity index (χ3n) is 6.20. The predicted molar refractivity (Wildman–Crippen MR) is 147 cm³/mol. The minimum atomic E-state index is -0.659. The fourth-order valence-corrected chi connectivity index (χ4v) is 5.64. The number of rotatable bonds is 6. The van der Waals surface area contributed by atoms with E-state index in [2.05, 4.69) is 17.1 Å². The number of thiazole rings is 1. The van der Waals surface area contributed by atoms with E-state index in [9.17, 15) is 9.59 Å². The zero-order chi connectivity index (χ0) is 26.1. The van der Waals surface area contributed by atoms with Crippen molar-refractivity contribution >= 4 is 34.2 Å². The molecule has 188 valence electrons. The van der Waals surface area contributed by atoms with Gasteiger partial charge >= 0.3 is 5.97 Å². The van der Waals surface area contributed by atoms with Crippen LogP contribution >= 0.6 is 11.3 Å². The Balaban J connectivity index is 1.71. The SMILES string of the molecule is CCOc1ccc([C@H]2C(C(=O)OC(C)C)=C(C)N=c3s/c(=C/c4cccc5ccccc45)c(=O)n32)cc1. The van der Waals surface area contributed by atoms with Crippen molar-refractivity contribution in [3.8, 4) is 5.75 Å². The van der Waals surface area contributed by atoms with Crippen LogP contribution in [0.25, 0.3) is 16.8 Å². The van der Waals surface area contributed by atoms with Crippen molar-refractivity contribution in [1.29, 1.82) is 0 Å². The van der Waals surface area contributed by atoms with Crippen LogP contribution in [0.15, 0.2) is 87.8 Å². The molecule has 4 aromatic rings. The van der Waals surface area contributed by atoms with E-state index >= 15 is 0 Å². The highest BCUT2D eigenvalue weighted by molar-refractivity contribution is 7.07. The highest BCUT2D eigenvalue weighted by atomic mass is 32.1. The van der Waals surface area contributed by atoms with E-state index in [1.54, 1.807) is 25.3 Å². The second-order valence-electron chi connectivity index (χ2n) is 9.11. The minimum absolute atomic E-state index is 0.196. The molecule has 0 N–H and O–H groups in total. The first-order valence-corrected chi connectivity index (χ1v) is 13.1. The standard InChI is InChI=1S/C30H28N2O4S/c1-5-35-23-15-13-21(14-16-23)27-26(29(34)36-18(2)3)19(4)31-30-32(27)28(33)25(37-30)17-22-11-8-10-20-9-6-7-12-24(20)22/h6-18,27H,5H2,1-4H3/b25-17+/t27-/m0/s1. The number of carbonyl (C=O) groups excluding carboxylic acids is 1. The van der Waals surface area contributed by atoms with E-state index in [4.69, 9.17) is 9.47 Å². The summed E-state index contributed by atoms with van der Waals surface area (Å²) >= 11 is 1.32. The zero-order valence-corrected chi connectivity index (χ0v) is 22.0. The van der Waals surface area contributed by atoms with E-state index in [1.807, 2.05) is 67.6 Å². The summed E-state index contributed by atoms with van der Waals surface area (Å²) in [6.45, 7) is 7.88. The van der Waals surface area contributed by atoms with Gasteiger partial charge in [0.25, 0.3) is 5.56 Å². The number of ether oxygens (including phenoxy) is 2. The van der Waals surface area contributed by atoms with Crippen LogP contribution in [0.2, 0.25) is 0 Å². The van der Waals surface area contributed by atoms with Crippen molar-refractivity contribution < 1.29 is 14.3 Å². The van der Waals surface area contributed by atoms with Crippen LogP contribution in [-0.2, 0) is 9.53 Å². The van der Waals surface area contributed by atoms with Crippen molar-refractivity contribution in [2.24, 2.45) is 4.99 Å². The number of hydrogen-bond donors (Lipinski definition) is 0. The Hall–Kier alpha value is -3.97. The smallest absolute Gasteiger partial charge is 0.338 e. The fraction of sp³-hybridized carbons (Fsp3) is 0.233. The Morgan fingerprint density at radius 1 is 1.08 bits per heavy atom. The number of hydrogen-bond acceptors (Lipinski definition) is 6. The molecule has 0 saturated carbocycles. The molecule has 1 aromatic heterocycles. The van der Waals surface area contributed by atoms with Crippen molar-refractivity contribution in [2.45, 2.75) is 39.8 Å². The lowest BCUT2D eigenvalue weighted by Gasteiger charge is -2.25. The van der Waals surface area contributed by atoms with Crippen LogP contribution in [0.3, 0.4) is 0 Å². The number of aromatic nitrogens is 1. The molecule has 0 amide bonds. The summed E-state index contributed by atoms with van der Waals surface area (Å²) in [5.41, 5.74) is 2.45. The normalized spacial score (nSPS) is 15.6. The molecular formula is C30H28N2O4S. The first-order chi connectivity index (χ1) is 17.9. The zero-order valence-electron chi connectivity index (χ0n) is 21.2. The van der Waals surface area contributed by atoms with Crippen molar-refractivity contribution in [3.05, 3.63) is 109 Å². The monoisotopic (exact) mass is 512 g/mol. The molecule has 5 rings (SSSR count). The molecule has 37 heavy (non-hydrogen) atoms. The summed E-state index contributed by atoms with van der Waals surface area (Å²) in [4.78, 5) is 32.4. The van der Waals surface area contributed by atoms with Gasteiger partial charge < -0.3 is 9.47 Å². The molecule has 0 aliphatic carbocycles. The summed E-state index contributed by atoms with van der Waals surface area (Å²) in [5.74, 6) is 0.250. The Morgan fingerprint density at radius 3 is 2.54 bits per heavy atom. The molecule has 0 bridgehead atoms. The Kier molecular flexibility index (Phi) is 6.80. The van der Waals surface area contributed by atoms with E-state index in [0.717, 1.165) is 27.6 Å². The van der Waals surface area contributed by atoms with Gasteiger partial charge in [0.15, 0.2) is 4.80 Å². The molecule has 0 radical (unpaired) electrons. The van der Waals surface area contributed by atoms with Gasteiger partial charge in [-0.15, -0.1) is 0 Å². The maximum absolute atomic E-state index is 13.9. The van der Waals surface area contributed by atoms with Gasteiger partial charge in [-0.3, -0.25) is 9.36 Å². The van der Waals surface area contributed by atoms with Crippen molar-refractivity contribution in [1.82, 2.24) is 4.57 Å². The number of allylic oxidation sites excluding steroid dienone is 1. The molecule has 6 nitrogen and oxygen atoms in total. The van der Waals surface area contributed by atoms with Gasteiger partial charge in [-0.2, -0.15) is 0 Å². The van der Waals surface area contributed by atoms with E-state index in [1.165, 1.54) is 11.3 Å². The maximum atomic E-state index is 13.9. The maximum Gasteiger partial charge on any atom is 0.338 e. The van der Waals surface area contributed by atoms with Crippen LogP contribution in [0, 0.1) is 0 Å². The molecule has 0 fully saturated rings. The highest BCUT2D eigenvalue weighted by Gasteiger charge is 2.33. The van der Waals surface area contributed by atoms with Crippen molar-refractivity contribution in [3.63, 3.8) is 0 Å². The molecule has 0 saturated heterocycles. The Bertz CT molecular complexity index is 1690. The molecule has 3 aromatic carbocycles. The summed E-state index contributed by atoms with van der Waals surface area (Å²) < 4.78 is 13.3. The average Bonchev–Trinajstić information content (AvgIpc) is 3.18. The third-order valence-corrected chi connectivity index (χ3v) is 7.18. The molecule has 0 unspecified atom stereocenters. The highest BCUT2D eigenvalue weighted by Crippen LogP contribution is 2.32. The Labute approximate surface area is 218 Å².